The maximum absolute atomic E-state index is 12.7. The molecule has 0 spiro atoms. The summed E-state index contributed by atoms with van der Waals surface area (Å²) in [5.74, 6) is 0.0402. The maximum Gasteiger partial charge on any atom is 0.274 e. The van der Waals surface area contributed by atoms with Crippen LogP contribution >= 0.6 is 0 Å². The van der Waals surface area contributed by atoms with Gasteiger partial charge in [-0.2, -0.15) is 10.2 Å². The number of methoxy groups -OCH3 is 1. The van der Waals surface area contributed by atoms with Crippen molar-refractivity contribution in [3.63, 3.8) is 0 Å². The van der Waals surface area contributed by atoms with Crippen molar-refractivity contribution in [1.29, 1.82) is 0 Å². The van der Waals surface area contributed by atoms with Crippen LogP contribution in [0.5, 0.6) is 5.75 Å². The van der Waals surface area contributed by atoms with Gasteiger partial charge in [-0.05, 0) is 31.9 Å². The third kappa shape index (κ3) is 3.93. The van der Waals surface area contributed by atoms with Gasteiger partial charge in [0.15, 0.2) is 11.4 Å². The van der Waals surface area contributed by atoms with Crippen LogP contribution < -0.4 is 10.1 Å². The average Bonchev–Trinajstić information content (AvgIpc) is 2.68. The summed E-state index contributed by atoms with van der Waals surface area (Å²) in [5, 5.41) is 18.2. The van der Waals surface area contributed by atoms with Crippen molar-refractivity contribution in [1.82, 2.24) is 30.6 Å². The molecule has 3 heterocycles. The van der Waals surface area contributed by atoms with Crippen LogP contribution in [0.15, 0.2) is 30.6 Å². The fraction of sp³-hybridized carbons (Fsp3) is 0.412. The fourth-order valence-electron chi connectivity index (χ4n) is 3.00. The molecular formula is C17H20N6O3. The molecule has 1 saturated heterocycles. The van der Waals surface area contributed by atoms with Gasteiger partial charge < -0.3 is 15.0 Å². The van der Waals surface area contributed by atoms with Gasteiger partial charge in [0.1, 0.15) is 5.75 Å². The van der Waals surface area contributed by atoms with Crippen LogP contribution in [-0.2, 0) is 0 Å². The van der Waals surface area contributed by atoms with Crippen molar-refractivity contribution in [3.8, 4) is 5.75 Å². The smallest absolute Gasteiger partial charge is 0.274 e. The molecule has 2 amide bonds. The molecule has 2 unspecified atom stereocenters. The number of hydrogen-bond donors (Lipinski definition) is 1. The van der Waals surface area contributed by atoms with E-state index in [-0.39, 0.29) is 35.3 Å². The van der Waals surface area contributed by atoms with Crippen LogP contribution in [0.1, 0.15) is 40.7 Å². The molecule has 1 aliphatic rings. The molecule has 2 aromatic rings. The van der Waals surface area contributed by atoms with E-state index in [1.54, 1.807) is 23.1 Å². The highest BCUT2D eigenvalue weighted by molar-refractivity contribution is 5.93. The Bertz CT molecular complexity index is 785. The summed E-state index contributed by atoms with van der Waals surface area (Å²) in [5.41, 5.74) is 0.531. The van der Waals surface area contributed by atoms with Crippen LogP contribution in [0.25, 0.3) is 0 Å². The monoisotopic (exact) mass is 356 g/mol. The number of amides is 2. The Morgan fingerprint density at radius 2 is 2.08 bits per heavy atom. The lowest BCUT2D eigenvalue weighted by Gasteiger charge is -2.37. The van der Waals surface area contributed by atoms with E-state index >= 15 is 0 Å². The molecule has 3 rings (SSSR count). The third-order valence-electron chi connectivity index (χ3n) is 4.36. The molecular weight excluding hydrogens is 336 g/mol. The lowest BCUT2D eigenvalue weighted by Crippen LogP contribution is -2.51. The van der Waals surface area contributed by atoms with Gasteiger partial charge in [-0.25, -0.2) is 0 Å². The highest BCUT2D eigenvalue weighted by Crippen LogP contribution is 2.20. The number of rotatable bonds is 4. The van der Waals surface area contributed by atoms with Crippen LogP contribution in [0.3, 0.4) is 0 Å². The standard InChI is InChI=1S/C17H20N6O3/c1-11-8-12(20-16(24)14-4-3-6-18-21-14)5-7-23(11)17(25)15-9-13(26-2)10-19-22-15/h3-4,6,9-12H,5,7-8H2,1-2H3,(H,20,24). The molecule has 2 aromatic heterocycles. The first-order chi connectivity index (χ1) is 12.6. The van der Waals surface area contributed by atoms with Crippen LogP contribution in [0.2, 0.25) is 0 Å². The largest absolute Gasteiger partial charge is 0.495 e. The number of ether oxygens (including phenoxy) is 1. The lowest BCUT2D eigenvalue weighted by atomic mass is 9.97. The number of likely N-dealkylation sites (tertiary alicyclic amines) is 1. The Hall–Kier alpha value is -3.10. The van der Waals surface area contributed by atoms with Crippen molar-refractivity contribution < 1.29 is 14.3 Å². The Kier molecular flexibility index (Phi) is 5.35. The van der Waals surface area contributed by atoms with Crippen molar-refractivity contribution in [3.05, 3.63) is 42.0 Å². The number of nitrogens with zero attached hydrogens (tertiary/aromatic N) is 5. The number of nitrogens with one attached hydrogen (secondary N) is 1. The summed E-state index contributed by atoms with van der Waals surface area (Å²) in [7, 11) is 1.51. The predicted octanol–water partition coefficient (Wildman–Crippen LogP) is 0.698. The van der Waals surface area contributed by atoms with E-state index in [1.165, 1.54) is 19.5 Å². The minimum atomic E-state index is -0.256. The minimum Gasteiger partial charge on any atom is -0.495 e. The summed E-state index contributed by atoms with van der Waals surface area (Å²) >= 11 is 0. The molecule has 0 bridgehead atoms. The Morgan fingerprint density at radius 1 is 1.27 bits per heavy atom. The average molecular weight is 356 g/mol. The minimum absolute atomic E-state index is 0.0278. The fourth-order valence-corrected chi connectivity index (χ4v) is 3.00. The second kappa shape index (κ2) is 7.85. The van der Waals surface area contributed by atoms with E-state index in [1.807, 2.05) is 6.92 Å². The first-order valence-electron chi connectivity index (χ1n) is 8.34. The van der Waals surface area contributed by atoms with Gasteiger partial charge >= 0.3 is 0 Å². The Morgan fingerprint density at radius 3 is 2.77 bits per heavy atom. The van der Waals surface area contributed by atoms with Crippen molar-refractivity contribution in [2.24, 2.45) is 0 Å². The van der Waals surface area contributed by atoms with E-state index < -0.39 is 0 Å². The zero-order chi connectivity index (χ0) is 18.5. The molecule has 9 nitrogen and oxygen atoms in total. The third-order valence-corrected chi connectivity index (χ3v) is 4.36. The predicted molar refractivity (Wildman–Crippen MR) is 91.6 cm³/mol. The normalized spacial score (nSPS) is 19.7. The Balaban J connectivity index is 1.61. The van der Waals surface area contributed by atoms with Gasteiger partial charge in [0.25, 0.3) is 11.8 Å². The quantitative estimate of drug-likeness (QED) is 0.858. The van der Waals surface area contributed by atoms with Crippen molar-refractivity contribution in [2.75, 3.05) is 13.7 Å². The van der Waals surface area contributed by atoms with Gasteiger partial charge in [0.2, 0.25) is 0 Å². The highest BCUT2D eigenvalue weighted by atomic mass is 16.5. The van der Waals surface area contributed by atoms with Gasteiger partial charge in [-0.1, -0.05) is 0 Å². The van der Waals surface area contributed by atoms with E-state index in [0.29, 0.717) is 25.1 Å². The second-order valence-electron chi connectivity index (χ2n) is 6.13. The van der Waals surface area contributed by atoms with E-state index in [0.717, 1.165) is 0 Å². The number of carbonyl (C=O) groups is 2. The van der Waals surface area contributed by atoms with Crippen LogP contribution in [0, 0.1) is 0 Å². The molecule has 9 heteroatoms. The van der Waals surface area contributed by atoms with Gasteiger partial charge in [0.05, 0.1) is 13.3 Å². The van der Waals surface area contributed by atoms with Gasteiger partial charge in [-0.15, -0.1) is 10.2 Å². The van der Waals surface area contributed by atoms with Gasteiger partial charge in [-0.3, -0.25) is 9.59 Å². The molecule has 136 valence electrons. The molecule has 26 heavy (non-hydrogen) atoms. The first kappa shape index (κ1) is 17.7. The molecule has 1 N–H and O–H groups in total. The van der Waals surface area contributed by atoms with Crippen molar-refractivity contribution >= 4 is 11.8 Å². The summed E-state index contributed by atoms with van der Waals surface area (Å²) < 4.78 is 5.09. The summed E-state index contributed by atoms with van der Waals surface area (Å²) in [4.78, 5) is 26.6. The van der Waals surface area contributed by atoms with E-state index in [2.05, 4.69) is 25.7 Å². The van der Waals surface area contributed by atoms with E-state index in [9.17, 15) is 9.59 Å². The SMILES string of the molecule is COc1cnnc(C(=O)N2CCC(NC(=O)c3cccnn3)CC2C)c1. The van der Waals surface area contributed by atoms with Gasteiger partial charge in [0, 0.05) is 30.9 Å². The molecule has 0 aromatic carbocycles. The lowest BCUT2D eigenvalue weighted by molar-refractivity contribution is 0.0588. The summed E-state index contributed by atoms with van der Waals surface area (Å²) in [6, 6.07) is 4.79. The topological polar surface area (TPSA) is 110 Å². The molecule has 2 atom stereocenters. The van der Waals surface area contributed by atoms with Crippen LogP contribution in [0.4, 0.5) is 0 Å². The Labute approximate surface area is 150 Å². The number of piperidine rings is 1. The maximum atomic E-state index is 12.7. The zero-order valence-electron chi connectivity index (χ0n) is 14.6. The summed E-state index contributed by atoms with van der Waals surface area (Å²) in [6.45, 7) is 2.47. The number of hydrogen-bond acceptors (Lipinski definition) is 7. The number of carbonyl (C=O) groups excluding carboxylic acids is 2. The highest BCUT2D eigenvalue weighted by Gasteiger charge is 2.31. The second-order valence-corrected chi connectivity index (χ2v) is 6.13. The van der Waals surface area contributed by atoms with E-state index in [4.69, 9.17) is 4.74 Å². The molecule has 1 fully saturated rings. The van der Waals surface area contributed by atoms with Crippen molar-refractivity contribution in [2.45, 2.75) is 31.8 Å². The number of aromatic nitrogens is 4. The molecule has 1 aliphatic heterocycles. The molecule has 0 radical (unpaired) electrons. The zero-order valence-corrected chi connectivity index (χ0v) is 14.6. The summed E-state index contributed by atoms with van der Waals surface area (Å²) in [6.07, 6.45) is 4.27. The molecule has 0 saturated carbocycles. The van der Waals surface area contributed by atoms with Crippen LogP contribution in [-0.4, -0.2) is 62.8 Å². The first-order valence-corrected chi connectivity index (χ1v) is 8.34. The molecule has 0 aliphatic carbocycles.